The van der Waals surface area contributed by atoms with Gasteiger partial charge in [-0.25, -0.2) is 4.98 Å². The molecule has 1 fully saturated rings. The number of piperidine rings is 1. The van der Waals surface area contributed by atoms with Gasteiger partial charge in [0.05, 0.1) is 25.8 Å². The molecule has 40 heavy (non-hydrogen) atoms. The predicted octanol–water partition coefficient (Wildman–Crippen LogP) is 2.95. The van der Waals surface area contributed by atoms with E-state index in [1.54, 1.807) is 48.1 Å². The van der Waals surface area contributed by atoms with Crippen LogP contribution in [0.5, 0.6) is 11.5 Å². The van der Waals surface area contributed by atoms with Gasteiger partial charge in [-0.2, -0.15) is 4.98 Å². The number of hydrogen-bond acceptors (Lipinski definition) is 9. The number of nitrogens with zero attached hydrogens (tertiary/aromatic N) is 4. The first-order valence-corrected chi connectivity index (χ1v) is 13.5. The maximum atomic E-state index is 14.0. The largest absolute Gasteiger partial charge is 0.497 e. The van der Waals surface area contributed by atoms with Crippen molar-refractivity contribution in [2.75, 3.05) is 59.4 Å². The van der Waals surface area contributed by atoms with Gasteiger partial charge in [0.1, 0.15) is 17.1 Å². The summed E-state index contributed by atoms with van der Waals surface area (Å²) in [6.07, 6.45) is 4.68. The number of rotatable bonds is 12. The number of carbonyl (C=O) groups excluding carboxylic acids is 1. The molecule has 3 aromatic rings. The number of likely N-dealkylation sites (tertiary alicyclic amines) is 1. The van der Waals surface area contributed by atoms with Crippen molar-refractivity contribution in [1.29, 1.82) is 0 Å². The molecule has 0 unspecified atom stereocenters. The van der Waals surface area contributed by atoms with E-state index in [2.05, 4.69) is 27.2 Å². The zero-order chi connectivity index (χ0) is 28.6. The Kier molecular flexibility index (Phi) is 9.97. The van der Waals surface area contributed by atoms with E-state index in [0.717, 1.165) is 12.8 Å². The number of halogens is 1. The molecule has 0 radical (unpaired) electrons. The molecule has 0 bridgehead atoms. The van der Waals surface area contributed by atoms with E-state index >= 15 is 0 Å². The summed E-state index contributed by atoms with van der Waals surface area (Å²) in [4.78, 5) is 36.8. The van der Waals surface area contributed by atoms with Crippen LogP contribution in [0.1, 0.15) is 12.8 Å². The molecule has 0 saturated carbocycles. The summed E-state index contributed by atoms with van der Waals surface area (Å²) in [5.41, 5.74) is 1.13. The van der Waals surface area contributed by atoms with Gasteiger partial charge in [0.2, 0.25) is 11.9 Å². The average Bonchev–Trinajstić information content (AvgIpc) is 2.98. The smallest absolute Gasteiger partial charge is 0.260 e. The Morgan fingerprint density at radius 2 is 1.93 bits per heavy atom. The highest BCUT2D eigenvalue weighted by molar-refractivity contribution is 6.35. The number of benzene rings is 1. The minimum Gasteiger partial charge on any atom is -0.497 e. The number of anilines is 1. The number of fused-ring (bicyclic) bond motifs is 1. The van der Waals surface area contributed by atoms with E-state index in [-0.39, 0.29) is 17.5 Å². The lowest BCUT2D eigenvalue weighted by atomic mass is 10.0. The summed E-state index contributed by atoms with van der Waals surface area (Å²) in [5, 5.41) is 7.65. The van der Waals surface area contributed by atoms with Gasteiger partial charge in [-0.1, -0.05) is 18.2 Å². The van der Waals surface area contributed by atoms with Gasteiger partial charge in [0, 0.05) is 74.7 Å². The lowest BCUT2D eigenvalue weighted by molar-refractivity contribution is -0.127. The fraction of sp³-hybridized carbons (Fsp3) is 0.429. The zero-order valence-electron chi connectivity index (χ0n) is 23.0. The molecular formula is C28H35ClN6O5. The Hall–Kier alpha value is -3.67. The third kappa shape index (κ3) is 6.55. The Bertz CT molecular complexity index is 1420. The van der Waals surface area contributed by atoms with Gasteiger partial charge >= 0.3 is 0 Å². The normalized spacial score (nSPS) is 13.8. The Balaban J connectivity index is 1.67. The number of aromatic nitrogens is 3. The predicted molar refractivity (Wildman–Crippen MR) is 156 cm³/mol. The van der Waals surface area contributed by atoms with Crippen molar-refractivity contribution in [3.05, 3.63) is 52.4 Å². The molecule has 1 amide bonds. The van der Waals surface area contributed by atoms with Crippen molar-refractivity contribution >= 4 is 34.5 Å². The van der Waals surface area contributed by atoms with Crippen molar-refractivity contribution < 1.29 is 19.0 Å². The van der Waals surface area contributed by atoms with Crippen LogP contribution < -0.4 is 25.7 Å². The summed E-state index contributed by atoms with van der Waals surface area (Å²) < 4.78 is 17.6. The molecule has 3 heterocycles. The maximum absolute atomic E-state index is 14.0. The van der Waals surface area contributed by atoms with Gasteiger partial charge in [-0.3, -0.25) is 14.2 Å². The number of amides is 1. The fourth-order valence-electron chi connectivity index (χ4n) is 4.76. The van der Waals surface area contributed by atoms with Crippen LogP contribution in [0.15, 0.2) is 41.8 Å². The van der Waals surface area contributed by atoms with Gasteiger partial charge in [0.15, 0.2) is 0 Å². The summed E-state index contributed by atoms with van der Waals surface area (Å²) in [6, 6.07) is 5.37. The van der Waals surface area contributed by atoms with Gasteiger partial charge in [-0.05, 0) is 31.1 Å². The number of hydrogen-bond donors (Lipinski definition) is 2. The maximum Gasteiger partial charge on any atom is 0.260 e. The van der Waals surface area contributed by atoms with Crippen LogP contribution in [0.3, 0.4) is 0 Å². The molecule has 1 saturated heterocycles. The number of carbonyl (C=O) groups is 1. The number of methoxy groups -OCH3 is 3. The molecule has 11 nitrogen and oxygen atoms in total. The van der Waals surface area contributed by atoms with Crippen LogP contribution >= 0.6 is 11.6 Å². The molecule has 214 valence electrons. The third-order valence-electron chi connectivity index (χ3n) is 6.92. The van der Waals surface area contributed by atoms with Crippen molar-refractivity contribution in [1.82, 2.24) is 24.8 Å². The molecule has 1 aromatic carbocycles. The number of pyridine rings is 1. The summed E-state index contributed by atoms with van der Waals surface area (Å²) >= 11 is 6.67. The van der Waals surface area contributed by atoms with Crippen molar-refractivity contribution in [2.45, 2.75) is 25.4 Å². The van der Waals surface area contributed by atoms with E-state index in [9.17, 15) is 9.59 Å². The highest BCUT2D eigenvalue weighted by atomic mass is 35.5. The Morgan fingerprint density at radius 3 is 2.60 bits per heavy atom. The molecule has 2 aromatic heterocycles. The molecule has 0 aliphatic carbocycles. The first kappa shape index (κ1) is 29.3. The van der Waals surface area contributed by atoms with Gasteiger partial charge < -0.3 is 29.7 Å². The third-order valence-corrected chi connectivity index (χ3v) is 7.31. The summed E-state index contributed by atoms with van der Waals surface area (Å²) in [7, 11) is 4.67. The van der Waals surface area contributed by atoms with Gasteiger partial charge in [-0.15, -0.1) is 0 Å². The summed E-state index contributed by atoms with van der Waals surface area (Å²) in [6.45, 7) is 6.82. The van der Waals surface area contributed by atoms with E-state index in [0.29, 0.717) is 84.0 Å². The molecule has 12 heteroatoms. The average molecular weight is 571 g/mol. The molecule has 1 aliphatic heterocycles. The number of ether oxygens (including phenoxy) is 3. The van der Waals surface area contributed by atoms with Crippen LogP contribution in [-0.4, -0.2) is 85.5 Å². The minimum atomic E-state index is -0.251. The van der Waals surface area contributed by atoms with E-state index < -0.39 is 0 Å². The van der Waals surface area contributed by atoms with Crippen LogP contribution in [-0.2, 0) is 16.1 Å². The van der Waals surface area contributed by atoms with Crippen molar-refractivity contribution in [3.8, 4) is 22.6 Å². The quantitative estimate of drug-likeness (QED) is 0.250. The van der Waals surface area contributed by atoms with E-state index in [1.807, 2.05) is 0 Å². The lowest BCUT2D eigenvalue weighted by Crippen LogP contribution is -2.45. The highest BCUT2D eigenvalue weighted by Gasteiger charge is 2.22. The molecule has 4 rings (SSSR count). The SMILES string of the molecule is C=CC(=O)N1CCC(NCCn2c(=O)c(-c3cc(OC)cc(OC)c3Cl)cc3cnc(NCCOC)nc32)CC1. The van der Waals surface area contributed by atoms with Crippen molar-refractivity contribution in [2.24, 2.45) is 0 Å². The van der Waals surface area contributed by atoms with Crippen LogP contribution in [0.2, 0.25) is 5.02 Å². The van der Waals surface area contributed by atoms with Crippen LogP contribution in [0.25, 0.3) is 22.2 Å². The molecular weight excluding hydrogens is 536 g/mol. The second-order valence-electron chi connectivity index (χ2n) is 9.36. The molecule has 0 atom stereocenters. The fourth-order valence-corrected chi connectivity index (χ4v) is 5.05. The second-order valence-corrected chi connectivity index (χ2v) is 9.73. The molecule has 1 aliphatic rings. The van der Waals surface area contributed by atoms with E-state index in [4.69, 9.17) is 25.8 Å². The number of nitrogens with one attached hydrogen (secondary N) is 2. The zero-order valence-corrected chi connectivity index (χ0v) is 23.8. The standard InChI is InChI=1S/C28H35ClN6O5/c1-5-24(36)34-10-6-19(7-11-34)30-8-12-35-26-18(17-32-28(33-26)31-9-13-38-2)14-22(27(35)37)21-15-20(39-3)16-23(40-4)25(21)29/h5,14-17,19,30H,1,6-13H2,2-4H3,(H,31,32,33). The molecule has 2 N–H and O–H groups in total. The van der Waals surface area contributed by atoms with Crippen LogP contribution in [0.4, 0.5) is 5.95 Å². The minimum absolute atomic E-state index is 0.0456. The lowest BCUT2D eigenvalue weighted by Gasteiger charge is -2.32. The topological polar surface area (TPSA) is 120 Å². The highest BCUT2D eigenvalue weighted by Crippen LogP contribution is 2.38. The molecule has 0 spiro atoms. The second kappa shape index (κ2) is 13.6. The van der Waals surface area contributed by atoms with Crippen LogP contribution in [0, 0.1) is 0 Å². The van der Waals surface area contributed by atoms with E-state index in [1.165, 1.54) is 13.2 Å². The Labute approximate surface area is 238 Å². The first-order chi connectivity index (χ1) is 19.4. The van der Waals surface area contributed by atoms with Gasteiger partial charge in [0.25, 0.3) is 5.56 Å². The Morgan fingerprint density at radius 1 is 1.15 bits per heavy atom. The first-order valence-electron chi connectivity index (χ1n) is 13.1. The summed E-state index contributed by atoms with van der Waals surface area (Å²) in [5.74, 6) is 1.27. The monoisotopic (exact) mass is 570 g/mol. The van der Waals surface area contributed by atoms with Crippen molar-refractivity contribution in [3.63, 3.8) is 0 Å².